The summed E-state index contributed by atoms with van der Waals surface area (Å²) in [5, 5.41) is 0. The van der Waals surface area contributed by atoms with E-state index in [1.54, 1.807) is 18.3 Å². The predicted molar refractivity (Wildman–Crippen MR) is 78.9 cm³/mol. The van der Waals surface area contributed by atoms with Crippen molar-refractivity contribution in [1.29, 1.82) is 0 Å². The van der Waals surface area contributed by atoms with Gasteiger partial charge in [0.2, 0.25) is 0 Å². The van der Waals surface area contributed by atoms with Gasteiger partial charge < -0.3 is 10.6 Å². The summed E-state index contributed by atoms with van der Waals surface area (Å²) in [6.07, 6.45) is 3.50. The highest BCUT2D eigenvalue weighted by Crippen LogP contribution is 2.16. The summed E-state index contributed by atoms with van der Waals surface area (Å²) in [5.74, 6) is 0.417. The van der Waals surface area contributed by atoms with Crippen LogP contribution in [0.1, 0.15) is 51.0 Å². The molecule has 0 aromatic carbocycles. The smallest absolute Gasteiger partial charge is 0.272 e. The van der Waals surface area contributed by atoms with Crippen LogP contribution >= 0.6 is 0 Å². The molecule has 0 aliphatic carbocycles. The number of hydrogen-bond donors (Lipinski definition) is 1. The topological polar surface area (TPSA) is 59.2 Å². The Morgan fingerprint density at radius 3 is 2.47 bits per heavy atom. The Kier molecular flexibility index (Phi) is 5.80. The van der Waals surface area contributed by atoms with E-state index in [9.17, 15) is 4.79 Å². The van der Waals surface area contributed by atoms with E-state index in [4.69, 9.17) is 5.73 Å². The van der Waals surface area contributed by atoms with Gasteiger partial charge in [-0.25, -0.2) is 0 Å². The van der Waals surface area contributed by atoms with Crippen molar-refractivity contribution in [2.24, 2.45) is 5.92 Å². The van der Waals surface area contributed by atoms with E-state index in [0.717, 1.165) is 19.4 Å². The Hall–Kier alpha value is -1.58. The van der Waals surface area contributed by atoms with Crippen LogP contribution in [0.2, 0.25) is 0 Å². The van der Waals surface area contributed by atoms with E-state index in [1.807, 2.05) is 4.90 Å². The molecule has 0 aliphatic rings. The van der Waals surface area contributed by atoms with E-state index in [1.165, 1.54) is 0 Å². The number of pyridine rings is 1. The zero-order valence-corrected chi connectivity index (χ0v) is 12.4. The molecular weight excluding hydrogens is 238 g/mol. The SMILES string of the molecule is CCC(CC)N(CC(C)C)C(=O)c1cc(N)ccn1. The van der Waals surface area contributed by atoms with Crippen molar-refractivity contribution < 1.29 is 4.79 Å². The number of anilines is 1. The number of carbonyl (C=O) groups is 1. The van der Waals surface area contributed by atoms with Crippen molar-refractivity contribution in [3.63, 3.8) is 0 Å². The summed E-state index contributed by atoms with van der Waals surface area (Å²) in [6, 6.07) is 3.61. The highest BCUT2D eigenvalue weighted by molar-refractivity contribution is 5.93. The molecule has 0 aliphatic heterocycles. The first kappa shape index (κ1) is 15.5. The molecule has 0 spiro atoms. The van der Waals surface area contributed by atoms with Crippen molar-refractivity contribution in [3.8, 4) is 0 Å². The quantitative estimate of drug-likeness (QED) is 0.858. The highest BCUT2D eigenvalue weighted by atomic mass is 16.2. The van der Waals surface area contributed by atoms with Gasteiger partial charge in [-0.2, -0.15) is 0 Å². The second-order valence-electron chi connectivity index (χ2n) is 5.30. The van der Waals surface area contributed by atoms with Gasteiger partial charge in [0.1, 0.15) is 5.69 Å². The molecule has 4 heteroatoms. The van der Waals surface area contributed by atoms with Crippen LogP contribution in [0.3, 0.4) is 0 Å². The number of amides is 1. The number of aromatic nitrogens is 1. The highest BCUT2D eigenvalue weighted by Gasteiger charge is 2.24. The molecule has 0 radical (unpaired) electrons. The Balaban J connectivity index is 2.99. The maximum absolute atomic E-state index is 12.6. The lowest BCUT2D eigenvalue weighted by Crippen LogP contribution is -2.42. The molecule has 4 nitrogen and oxygen atoms in total. The fourth-order valence-electron chi connectivity index (χ4n) is 2.23. The number of nitrogens with two attached hydrogens (primary N) is 1. The minimum Gasteiger partial charge on any atom is -0.399 e. The van der Waals surface area contributed by atoms with Crippen molar-refractivity contribution in [1.82, 2.24) is 9.88 Å². The van der Waals surface area contributed by atoms with Gasteiger partial charge in [0.15, 0.2) is 0 Å². The third kappa shape index (κ3) is 4.23. The summed E-state index contributed by atoms with van der Waals surface area (Å²) in [7, 11) is 0. The van der Waals surface area contributed by atoms with E-state index >= 15 is 0 Å². The summed E-state index contributed by atoms with van der Waals surface area (Å²) in [6.45, 7) is 9.22. The van der Waals surface area contributed by atoms with Gasteiger partial charge in [0.25, 0.3) is 5.91 Å². The van der Waals surface area contributed by atoms with Gasteiger partial charge in [-0.15, -0.1) is 0 Å². The first-order valence-corrected chi connectivity index (χ1v) is 7.02. The van der Waals surface area contributed by atoms with Crippen molar-refractivity contribution >= 4 is 11.6 Å². The van der Waals surface area contributed by atoms with Gasteiger partial charge in [-0.3, -0.25) is 9.78 Å². The molecule has 0 fully saturated rings. The van der Waals surface area contributed by atoms with Gasteiger partial charge in [0, 0.05) is 24.5 Å². The lowest BCUT2D eigenvalue weighted by Gasteiger charge is -2.31. The van der Waals surface area contributed by atoms with Crippen molar-refractivity contribution in [2.45, 2.75) is 46.6 Å². The largest absolute Gasteiger partial charge is 0.399 e. The van der Waals surface area contributed by atoms with Crippen LogP contribution in [0, 0.1) is 5.92 Å². The molecule has 0 atom stereocenters. The fraction of sp³-hybridized carbons (Fsp3) is 0.600. The lowest BCUT2D eigenvalue weighted by atomic mass is 10.1. The van der Waals surface area contributed by atoms with Crippen LogP contribution < -0.4 is 5.73 Å². The van der Waals surface area contributed by atoms with Crippen LogP contribution in [-0.2, 0) is 0 Å². The van der Waals surface area contributed by atoms with E-state index in [-0.39, 0.29) is 11.9 Å². The maximum atomic E-state index is 12.6. The second kappa shape index (κ2) is 7.12. The van der Waals surface area contributed by atoms with Gasteiger partial charge in [0.05, 0.1) is 0 Å². The summed E-state index contributed by atoms with van der Waals surface area (Å²) in [5.41, 5.74) is 6.74. The number of rotatable bonds is 6. The first-order valence-electron chi connectivity index (χ1n) is 7.02. The molecule has 1 rings (SSSR count). The molecule has 1 heterocycles. The molecule has 0 saturated carbocycles. The molecule has 0 bridgehead atoms. The number of nitrogens with zero attached hydrogens (tertiary/aromatic N) is 2. The average Bonchev–Trinajstić information content (AvgIpc) is 2.37. The third-order valence-electron chi connectivity index (χ3n) is 3.21. The third-order valence-corrected chi connectivity index (χ3v) is 3.21. The van der Waals surface area contributed by atoms with Crippen LogP contribution in [0.5, 0.6) is 0 Å². The number of carbonyl (C=O) groups excluding carboxylic acids is 1. The normalized spacial score (nSPS) is 11.1. The molecule has 1 amide bonds. The van der Waals surface area contributed by atoms with Crippen LogP contribution in [-0.4, -0.2) is 28.4 Å². The van der Waals surface area contributed by atoms with Crippen molar-refractivity contribution in [2.75, 3.05) is 12.3 Å². The molecule has 0 unspecified atom stereocenters. The average molecular weight is 263 g/mol. The van der Waals surface area contributed by atoms with Crippen molar-refractivity contribution in [3.05, 3.63) is 24.0 Å². The first-order chi connectivity index (χ1) is 8.99. The fourth-order valence-corrected chi connectivity index (χ4v) is 2.23. The second-order valence-corrected chi connectivity index (χ2v) is 5.30. The zero-order chi connectivity index (χ0) is 14.4. The molecule has 1 aromatic heterocycles. The van der Waals surface area contributed by atoms with E-state index < -0.39 is 0 Å². The molecule has 106 valence electrons. The van der Waals surface area contributed by atoms with Crippen LogP contribution in [0.4, 0.5) is 5.69 Å². The number of hydrogen-bond acceptors (Lipinski definition) is 3. The Morgan fingerprint density at radius 1 is 1.37 bits per heavy atom. The molecule has 1 aromatic rings. The van der Waals surface area contributed by atoms with E-state index in [2.05, 4.69) is 32.7 Å². The maximum Gasteiger partial charge on any atom is 0.272 e. The van der Waals surface area contributed by atoms with Crippen LogP contribution in [0.15, 0.2) is 18.3 Å². The molecule has 0 saturated heterocycles. The van der Waals surface area contributed by atoms with Gasteiger partial charge in [-0.1, -0.05) is 27.7 Å². The molecule has 19 heavy (non-hydrogen) atoms. The summed E-state index contributed by atoms with van der Waals surface area (Å²) in [4.78, 5) is 18.7. The van der Waals surface area contributed by atoms with Gasteiger partial charge in [-0.05, 0) is 30.9 Å². The minimum absolute atomic E-state index is 0.0188. The monoisotopic (exact) mass is 263 g/mol. The van der Waals surface area contributed by atoms with E-state index in [0.29, 0.717) is 17.3 Å². The van der Waals surface area contributed by atoms with Gasteiger partial charge >= 0.3 is 0 Å². The minimum atomic E-state index is -0.0188. The standard InChI is InChI=1S/C15H25N3O/c1-5-13(6-2)18(10-11(3)4)15(19)14-9-12(16)7-8-17-14/h7-9,11,13H,5-6,10H2,1-4H3,(H2,16,17). The zero-order valence-electron chi connectivity index (χ0n) is 12.4. The summed E-state index contributed by atoms with van der Waals surface area (Å²) >= 11 is 0. The molecule has 2 N–H and O–H groups in total. The van der Waals surface area contributed by atoms with Crippen LogP contribution in [0.25, 0.3) is 0 Å². The summed E-state index contributed by atoms with van der Waals surface area (Å²) < 4.78 is 0. The lowest BCUT2D eigenvalue weighted by molar-refractivity contribution is 0.0634. The Morgan fingerprint density at radius 2 is 2.00 bits per heavy atom. The Labute approximate surface area is 116 Å². The number of nitrogen functional groups attached to an aromatic ring is 1. The Bertz CT molecular complexity index is 414. The predicted octanol–water partition coefficient (Wildman–Crippen LogP) is 2.95. The molecular formula is C15H25N3O.